The second kappa shape index (κ2) is 46.2. The molecular weight excluding hydrogens is 719 g/mol. The van der Waals surface area contributed by atoms with Crippen molar-refractivity contribution < 1.29 is 24.5 Å². The van der Waals surface area contributed by atoms with Gasteiger partial charge in [0.25, 0.3) is 0 Å². The Morgan fingerprint density at radius 1 is 0.517 bits per heavy atom. The molecule has 340 valence electrons. The van der Waals surface area contributed by atoms with Gasteiger partial charge in [-0.1, -0.05) is 211 Å². The zero-order chi connectivity index (χ0) is 42.4. The molecule has 0 fully saturated rings. The maximum absolute atomic E-state index is 13.2. The molecule has 0 aliphatic carbocycles. The van der Waals surface area contributed by atoms with Gasteiger partial charge in [-0.25, -0.2) is 0 Å². The fourth-order valence-electron chi connectivity index (χ4n) is 7.63. The smallest absolute Gasteiger partial charge is 0.306 e. The summed E-state index contributed by atoms with van der Waals surface area (Å²) in [6.45, 7) is 6.34. The second-order valence-electron chi connectivity index (χ2n) is 17.2. The van der Waals surface area contributed by atoms with Gasteiger partial charge in [0.15, 0.2) is 0 Å². The fraction of sp³-hybridized carbons (Fsp3) is 0.846. The molecule has 1 amide bonds. The number of allylic oxidation sites excluding steroid dienone is 6. The number of hydrogen-bond donors (Lipinski definition) is 3. The third-order valence-electron chi connectivity index (χ3n) is 11.5. The van der Waals surface area contributed by atoms with Crippen LogP contribution in [0.25, 0.3) is 0 Å². The number of esters is 1. The molecule has 0 aliphatic heterocycles. The van der Waals surface area contributed by atoms with E-state index in [1.807, 2.05) is 0 Å². The topological polar surface area (TPSA) is 95.9 Å². The summed E-state index contributed by atoms with van der Waals surface area (Å²) in [7, 11) is 0. The molecule has 0 aromatic heterocycles. The van der Waals surface area contributed by atoms with E-state index < -0.39 is 18.2 Å². The lowest BCUT2D eigenvalue weighted by Gasteiger charge is -2.24. The van der Waals surface area contributed by atoms with E-state index in [1.54, 1.807) is 0 Å². The molecule has 6 heteroatoms. The van der Waals surface area contributed by atoms with Gasteiger partial charge in [0.1, 0.15) is 6.10 Å². The number of unbranched alkanes of at least 4 members (excludes halogenated alkanes) is 27. The first-order chi connectivity index (χ1) is 28.5. The Kier molecular flexibility index (Phi) is 44.6. The van der Waals surface area contributed by atoms with Crippen molar-refractivity contribution >= 4 is 11.9 Å². The lowest BCUT2D eigenvalue weighted by Crippen LogP contribution is -2.46. The van der Waals surface area contributed by atoms with Gasteiger partial charge in [-0.3, -0.25) is 9.59 Å². The molecule has 58 heavy (non-hydrogen) atoms. The van der Waals surface area contributed by atoms with E-state index in [-0.39, 0.29) is 24.9 Å². The number of amides is 1. The van der Waals surface area contributed by atoms with Gasteiger partial charge in [-0.2, -0.15) is 0 Å². The quantitative estimate of drug-likeness (QED) is 0.0323. The largest absolute Gasteiger partial charge is 0.462 e. The minimum absolute atomic E-state index is 0.0665. The van der Waals surface area contributed by atoms with E-state index in [0.29, 0.717) is 19.3 Å². The van der Waals surface area contributed by atoms with E-state index in [2.05, 4.69) is 62.5 Å². The normalized spacial score (nSPS) is 13.5. The van der Waals surface area contributed by atoms with Gasteiger partial charge < -0.3 is 20.3 Å². The minimum atomic E-state index is -0.790. The molecule has 0 bridgehead atoms. The summed E-state index contributed by atoms with van der Waals surface area (Å²) in [6.07, 6.45) is 53.5. The van der Waals surface area contributed by atoms with Crippen LogP contribution in [0.15, 0.2) is 36.5 Å². The van der Waals surface area contributed by atoms with Crippen LogP contribution in [-0.2, 0) is 14.3 Å². The van der Waals surface area contributed by atoms with E-state index in [1.165, 1.54) is 135 Å². The van der Waals surface area contributed by atoms with Crippen molar-refractivity contribution in [1.29, 1.82) is 0 Å². The lowest BCUT2D eigenvalue weighted by molar-refractivity contribution is -0.151. The zero-order valence-electron chi connectivity index (χ0n) is 38.7. The molecule has 0 radical (unpaired) electrons. The highest BCUT2D eigenvalue weighted by atomic mass is 16.5. The molecule has 0 spiro atoms. The van der Waals surface area contributed by atoms with E-state index in [0.717, 1.165) is 77.0 Å². The Labute approximate surface area is 360 Å². The highest BCUT2D eigenvalue weighted by Crippen LogP contribution is 2.18. The Bertz CT molecular complexity index is 961. The third kappa shape index (κ3) is 40.8. The summed E-state index contributed by atoms with van der Waals surface area (Å²) in [4.78, 5) is 26.0. The van der Waals surface area contributed by atoms with Gasteiger partial charge in [0.05, 0.1) is 25.2 Å². The van der Waals surface area contributed by atoms with Crippen molar-refractivity contribution in [2.75, 3.05) is 6.61 Å². The first-order valence-corrected chi connectivity index (χ1v) is 25.2. The van der Waals surface area contributed by atoms with Crippen LogP contribution in [0.5, 0.6) is 0 Å². The molecule has 3 unspecified atom stereocenters. The average molecular weight is 816 g/mol. The number of aliphatic hydroxyl groups is 2. The van der Waals surface area contributed by atoms with Crippen LogP contribution in [0, 0.1) is 0 Å². The highest BCUT2D eigenvalue weighted by Gasteiger charge is 2.24. The maximum Gasteiger partial charge on any atom is 0.306 e. The van der Waals surface area contributed by atoms with Gasteiger partial charge in [-0.05, 0) is 70.6 Å². The number of rotatable bonds is 45. The van der Waals surface area contributed by atoms with Gasteiger partial charge >= 0.3 is 5.97 Å². The monoisotopic (exact) mass is 816 g/mol. The van der Waals surface area contributed by atoms with Crippen LogP contribution < -0.4 is 5.32 Å². The average Bonchev–Trinajstić information content (AvgIpc) is 3.22. The summed E-state index contributed by atoms with van der Waals surface area (Å²) < 4.78 is 5.90. The summed E-state index contributed by atoms with van der Waals surface area (Å²) in [5.41, 5.74) is 0. The van der Waals surface area contributed by atoms with Gasteiger partial charge in [0, 0.05) is 6.42 Å². The molecule has 0 rings (SSSR count). The van der Waals surface area contributed by atoms with E-state index in [9.17, 15) is 19.8 Å². The third-order valence-corrected chi connectivity index (χ3v) is 11.5. The van der Waals surface area contributed by atoms with E-state index in [4.69, 9.17) is 4.74 Å². The Balaban J connectivity index is 4.51. The molecular formula is C52H97NO5. The molecule has 0 aromatic rings. The van der Waals surface area contributed by atoms with Crippen LogP contribution >= 0.6 is 0 Å². The van der Waals surface area contributed by atoms with Crippen molar-refractivity contribution in [2.45, 2.75) is 277 Å². The van der Waals surface area contributed by atoms with Crippen LogP contribution in [0.4, 0.5) is 0 Å². The SMILES string of the molecule is CC/C=C/C/C=C/CCCCCCCC(CC(=O)NC(CO)C(O)CCCCCCCCCCCCCCCCCC)OC(=O)CCCCCCC/C=C\CCCC. The van der Waals surface area contributed by atoms with Crippen LogP contribution in [0.2, 0.25) is 0 Å². The van der Waals surface area contributed by atoms with Crippen LogP contribution in [0.1, 0.15) is 258 Å². The Morgan fingerprint density at radius 3 is 1.47 bits per heavy atom. The first kappa shape index (κ1) is 56.1. The Morgan fingerprint density at radius 2 is 0.948 bits per heavy atom. The molecule has 0 saturated heterocycles. The van der Waals surface area contributed by atoms with Crippen molar-refractivity contribution in [3.8, 4) is 0 Å². The molecule has 0 aromatic carbocycles. The van der Waals surface area contributed by atoms with Crippen LogP contribution in [-0.4, -0.2) is 46.9 Å². The number of carbonyl (C=O) groups is 2. The first-order valence-electron chi connectivity index (χ1n) is 25.2. The number of ether oxygens (including phenoxy) is 1. The predicted molar refractivity (Wildman–Crippen MR) is 250 cm³/mol. The van der Waals surface area contributed by atoms with Crippen molar-refractivity contribution in [1.82, 2.24) is 5.32 Å². The van der Waals surface area contributed by atoms with Gasteiger partial charge in [0.2, 0.25) is 5.91 Å². The number of carbonyl (C=O) groups excluding carboxylic acids is 2. The lowest BCUT2D eigenvalue weighted by atomic mass is 10.0. The van der Waals surface area contributed by atoms with Crippen LogP contribution in [0.3, 0.4) is 0 Å². The molecule has 3 atom stereocenters. The summed E-state index contributed by atoms with van der Waals surface area (Å²) in [5.74, 6) is -0.494. The minimum Gasteiger partial charge on any atom is -0.462 e. The second-order valence-corrected chi connectivity index (χ2v) is 17.2. The maximum atomic E-state index is 13.2. The standard InChI is InChI=1S/C52H97NO5/c1-4-7-10-13-16-19-22-24-25-26-27-30-32-35-38-41-44-50(55)49(47-54)53-51(56)46-48(43-40-37-34-31-29-23-20-17-14-11-8-5-2)58-52(57)45-42-39-36-33-28-21-18-15-12-9-6-3/h8,11,15,17-18,20,48-50,54-55H,4-7,9-10,12-14,16,19,21-47H2,1-3H3,(H,53,56)/b11-8+,18-15-,20-17+. The number of nitrogens with one attached hydrogen (secondary N) is 1. The Hall–Kier alpha value is -1.92. The highest BCUT2D eigenvalue weighted by molar-refractivity contribution is 5.77. The fourth-order valence-corrected chi connectivity index (χ4v) is 7.63. The van der Waals surface area contributed by atoms with Crippen molar-refractivity contribution in [2.24, 2.45) is 0 Å². The molecule has 6 nitrogen and oxygen atoms in total. The molecule has 3 N–H and O–H groups in total. The summed E-state index contributed by atoms with van der Waals surface area (Å²) in [6, 6.07) is -0.705. The molecule has 0 heterocycles. The predicted octanol–water partition coefficient (Wildman–Crippen LogP) is 14.9. The van der Waals surface area contributed by atoms with Gasteiger partial charge in [-0.15, -0.1) is 0 Å². The van der Waals surface area contributed by atoms with E-state index >= 15 is 0 Å². The zero-order valence-corrected chi connectivity index (χ0v) is 38.7. The molecule has 0 aliphatic rings. The summed E-state index contributed by atoms with van der Waals surface area (Å²) >= 11 is 0. The summed E-state index contributed by atoms with van der Waals surface area (Å²) in [5, 5.41) is 23.8. The number of hydrogen-bond acceptors (Lipinski definition) is 5. The van der Waals surface area contributed by atoms with Crippen molar-refractivity contribution in [3.63, 3.8) is 0 Å². The number of aliphatic hydroxyl groups excluding tert-OH is 2. The van der Waals surface area contributed by atoms with Crippen molar-refractivity contribution in [3.05, 3.63) is 36.5 Å². The molecule has 0 saturated carbocycles.